The number of carbonyl (C=O) groups is 1. The fraction of sp³-hybridized carbons (Fsp3) is 0.381. The zero-order valence-electron chi connectivity index (χ0n) is 15.8. The van der Waals surface area contributed by atoms with E-state index in [1.807, 2.05) is 47.4 Å². The highest BCUT2D eigenvalue weighted by molar-refractivity contribution is 6.01. The number of rotatable bonds is 6. The van der Waals surface area contributed by atoms with Gasteiger partial charge in [-0.05, 0) is 42.9 Å². The van der Waals surface area contributed by atoms with Crippen LogP contribution in [0.4, 0.5) is 5.69 Å². The Morgan fingerprint density at radius 3 is 2.70 bits per heavy atom. The lowest BCUT2D eigenvalue weighted by atomic mass is 10.0. The third-order valence-electron chi connectivity index (χ3n) is 5.29. The highest BCUT2D eigenvalue weighted by Gasteiger charge is 2.33. The van der Waals surface area contributed by atoms with Gasteiger partial charge in [0.1, 0.15) is 6.17 Å². The third-order valence-corrected chi connectivity index (χ3v) is 5.29. The second kappa shape index (κ2) is 7.48. The maximum atomic E-state index is 13.2. The molecule has 27 heavy (non-hydrogen) atoms. The molecule has 1 amide bonds. The molecule has 0 radical (unpaired) electrons. The number of nitrogens with zero attached hydrogens (tertiary/aromatic N) is 2. The summed E-state index contributed by atoms with van der Waals surface area (Å²) in [6, 6.07) is 13.6. The van der Waals surface area contributed by atoms with Crippen LogP contribution in [0.2, 0.25) is 0 Å². The number of amides is 1. The SMILES string of the molecule is CCN(CC)CCN1C(=O)c2ccccc2NC1c1ccc2c(c1)OCO2. The van der Waals surface area contributed by atoms with Gasteiger partial charge in [0.05, 0.1) is 5.56 Å². The van der Waals surface area contributed by atoms with Crippen molar-refractivity contribution in [1.82, 2.24) is 9.80 Å². The van der Waals surface area contributed by atoms with Crippen molar-refractivity contribution in [2.24, 2.45) is 0 Å². The van der Waals surface area contributed by atoms with E-state index >= 15 is 0 Å². The van der Waals surface area contributed by atoms with Gasteiger partial charge in [0.25, 0.3) is 5.91 Å². The standard InChI is InChI=1S/C21H25N3O3/c1-3-23(4-2)11-12-24-20(15-9-10-18-19(13-15)27-14-26-18)22-17-8-6-5-7-16(17)21(24)25/h5-10,13,20,22H,3-4,11-12,14H2,1-2H3. The summed E-state index contributed by atoms with van der Waals surface area (Å²) in [5.41, 5.74) is 2.57. The molecule has 1 atom stereocenters. The van der Waals surface area contributed by atoms with E-state index in [9.17, 15) is 4.79 Å². The largest absolute Gasteiger partial charge is 0.454 e. The zero-order valence-corrected chi connectivity index (χ0v) is 15.8. The molecule has 0 aromatic heterocycles. The van der Waals surface area contributed by atoms with E-state index in [4.69, 9.17) is 9.47 Å². The molecule has 0 fully saturated rings. The Kier molecular flexibility index (Phi) is 4.90. The second-order valence-corrected chi connectivity index (χ2v) is 6.73. The number of ether oxygens (including phenoxy) is 2. The molecule has 0 bridgehead atoms. The molecule has 2 heterocycles. The Bertz CT molecular complexity index is 835. The van der Waals surface area contributed by atoms with Crippen molar-refractivity contribution in [3.63, 3.8) is 0 Å². The predicted octanol–water partition coefficient (Wildman–Crippen LogP) is 3.32. The Morgan fingerprint density at radius 2 is 1.89 bits per heavy atom. The lowest BCUT2D eigenvalue weighted by Crippen LogP contribution is -2.46. The number of fused-ring (bicyclic) bond motifs is 2. The van der Waals surface area contributed by atoms with Gasteiger partial charge in [-0.1, -0.05) is 32.0 Å². The van der Waals surface area contributed by atoms with Crippen LogP contribution in [0.15, 0.2) is 42.5 Å². The predicted molar refractivity (Wildman–Crippen MR) is 104 cm³/mol. The number of hydrogen-bond acceptors (Lipinski definition) is 5. The molecule has 6 heteroatoms. The minimum Gasteiger partial charge on any atom is -0.454 e. The van der Waals surface area contributed by atoms with E-state index in [-0.39, 0.29) is 18.9 Å². The summed E-state index contributed by atoms with van der Waals surface area (Å²) in [6.07, 6.45) is -0.238. The Labute approximate surface area is 159 Å². The summed E-state index contributed by atoms with van der Waals surface area (Å²) in [4.78, 5) is 17.5. The van der Waals surface area contributed by atoms with Crippen LogP contribution in [0.5, 0.6) is 11.5 Å². The monoisotopic (exact) mass is 367 g/mol. The van der Waals surface area contributed by atoms with Crippen molar-refractivity contribution < 1.29 is 14.3 Å². The lowest BCUT2D eigenvalue weighted by molar-refractivity contribution is 0.0660. The highest BCUT2D eigenvalue weighted by Crippen LogP contribution is 2.38. The van der Waals surface area contributed by atoms with Gasteiger partial charge < -0.3 is 24.6 Å². The lowest BCUT2D eigenvalue weighted by Gasteiger charge is -2.39. The molecule has 6 nitrogen and oxygen atoms in total. The molecule has 0 saturated carbocycles. The topological polar surface area (TPSA) is 54.0 Å². The minimum atomic E-state index is -0.238. The van der Waals surface area contributed by atoms with Crippen molar-refractivity contribution in [3.05, 3.63) is 53.6 Å². The maximum Gasteiger partial charge on any atom is 0.257 e. The van der Waals surface area contributed by atoms with Gasteiger partial charge in [-0.25, -0.2) is 0 Å². The van der Waals surface area contributed by atoms with Gasteiger partial charge >= 0.3 is 0 Å². The van der Waals surface area contributed by atoms with E-state index < -0.39 is 0 Å². The van der Waals surface area contributed by atoms with Gasteiger partial charge in [-0.3, -0.25) is 4.79 Å². The number of para-hydroxylation sites is 1. The fourth-order valence-corrected chi connectivity index (χ4v) is 3.66. The molecular weight excluding hydrogens is 342 g/mol. The highest BCUT2D eigenvalue weighted by atomic mass is 16.7. The smallest absolute Gasteiger partial charge is 0.257 e. The molecule has 2 aliphatic heterocycles. The maximum absolute atomic E-state index is 13.2. The van der Waals surface area contributed by atoms with E-state index in [0.717, 1.165) is 42.4 Å². The number of carbonyl (C=O) groups excluding carboxylic acids is 1. The third kappa shape index (κ3) is 3.32. The number of likely N-dealkylation sites (N-methyl/N-ethyl adjacent to an activating group) is 1. The van der Waals surface area contributed by atoms with Crippen LogP contribution in [-0.4, -0.2) is 48.7 Å². The fourth-order valence-electron chi connectivity index (χ4n) is 3.66. The van der Waals surface area contributed by atoms with Gasteiger partial charge in [-0.2, -0.15) is 0 Å². The van der Waals surface area contributed by atoms with Gasteiger partial charge in [0.2, 0.25) is 6.79 Å². The van der Waals surface area contributed by atoms with Crippen molar-refractivity contribution >= 4 is 11.6 Å². The van der Waals surface area contributed by atoms with Crippen molar-refractivity contribution in [1.29, 1.82) is 0 Å². The molecular formula is C21H25N3O3. The average molecular weight is 367 g/mol. The number of anilines is 1. The normalized spacial score (nSPS) is 17.8. The van der Waals surface area contributed by atoms with Crippen molar-refractivity contribution in [3.8, 4) is 11.5 Å². The van der Waals surface area contributed by atoms with E-state index in [0.29, 0.717) is 12.1 Å². The van der Waals surface area contributed by atoms with Gasteiger partial charge in [-0.15, -0.1) is 0 Å². The summed E-state index contributed by atoms with van der Waals surface area (Å²) < 4.78 is 11.0. The van der Waals surface area contributed by atoms with Crippen LogP contribution in [0.1, 0.15) is 35.9 Å². The van der Waals surface area contributed by atoms with Crippen molar-refractivity contribution in [2.45, 2.75) is 20.0 Å². The Balaban J connectivity index is 1.67. The second-order valence-electron chi connectivity index (χ2n) is 6.73. The first-order valence-corrected chi connectivity index (χ1v) is 9.49. The molecule has 4 rings (SSSR count). The summed E-state index contributed by atoms with van der Waals surface area (Å²) in [7, 11) is 0. The first-order chi connectivity index (χ1) is 13.2. The van der Waals surface area contributed by atoms with Crippen molar-refractivity contribution in [2.75, 3.05) is 38.3 Å². The quantitative estimate of drug-likeness (QED) is 0.849. The van der Waals surface area contributed by atoms with Crippen LogP contribution < -0.4 is 14.8 Å². The molecule has 2 aliphatic rings. The molecule has 142 valence electrons. The Morgan fingerprint density at radius 1 is 1.11 bits per heavy atom. The molecule has 2 aromatic rings. The van der Waals surface area contributed by atoms with Crippen LogP contribution in [0.25, 0.3) is 0 Å². The first-order valence-electron chi connectivity index (χ1n) is 9.49. The summed E-state index contributed by atoms with van der Waals surface area (Å²) in [5.74, 6) is 1.53. The summed E-state index contributed by atoms with van der Waals surface area (Å²) >= 11 is 0. The van der Waals surface area contributed by atoms with Crippen LogP contribution in [0, 0.1) is 0 Å². The number of benzene rings is 2. The van der Waals surface area contributed by atoms with Gasteiger partial charge in [0.15, 0.2) is 11.5 Å². The average Bonchev–Trinajstić information content (AvgIpc) is 3.18. The zero-order chi connectivity index (χ0) is 18.8. The van der Waals surface area contributed by atoms with E-state index in [1.54, 1.807) is 0 Å². The molecule has 2 aromatic carbocycles. The molecule has 0 spiro atoms. The first kappa shape index (κ1) is 17.7. The molecule has 0 aliphatic carbocycles. The molecule has 1 N–H and O–H groups in total. The van der Waals surface area contributed by atoms with Gasteiger partial charge in [0, 0.05) is 18.8 Å². The molecule has 1 unspecified atom stereocenters. The summed E-state index contributed by atoms with van der Waals surface area (Å²) in [5, 5.41) is 3.53. The van der Waals surface area contributed by atoms with Crippen LogP contribution in [0.3, 0.4) is 0 Å². The van der Waals surface area contributed by atoms with E-state index in [2.05, 4.69) is 24.1 Å². The van der Waals surface area contributed by atoms with Crippen LogP contribution >= 0.6 is 0 Å². The number of hydrogen-bond donors (Lipinski definition) is 1. The summed E-state index contributed by atoms with van der Waals surface area (Å²) in [6.45, 7) is 7.96. The molecule has 0 saturated heterocycles. The van der Waals surface area contributed by atoms with E-state index in [1.165, 1.54) is 0 Å². The van der Waals surface area contributed by atoms with Crippen LogP contribution in [-0.2, 0) is 0 Å². The number of nitrogens with one attached hydrogen (secondary N) is 1. The minimum absolute atomic E-state index is 0.0548. The Hall–Kier alpha value is -2.73.